The summed E-state index contributed by atoms with van der Waals surface area (Å²) < 4.78 is 5.00. The predicted octanol–water partition coefficient (Wildman–Crippen LogP) is 1.12. The van der Waals surface area contributed by atoms with Crippen LogP contribution in [0.25, 0.3) is 0 Å². The van der Waals surface area contributed by atoms with Gasteiger partial charge in [-0.1, -0.05) is 17.7 Å². The highest BCUT2D eigenvalue weighted by atomic mass is 16.6. The smallest absolute Gasteiger partial charge is 0.251 e. The van der Waals surface area contributed by atoms with Crippen LogP contribution in [-0.4, -0.2) is 25.2 Å². The molecule has 1 aromatic rings. The Hall–Kier alpha value is -1.35. The molecule has 0 aromatic heterocycles. The van der Waals surface area contributed by atoms with E-state index in [4.69, 9.17) is 4.74 Å². The number of carbonyl (C=O) groups excluding carboxylic acids is 1. The summed E-state index contributed by atoms with van der Waals surface area (Å²) >= 11 is 0. The standard InChI is InChI=1S/C11H13NO2/c1-8-3-2-4-9(5-8)11(13)12-6-10-7-14-10/h2-5,10H,6-7H2,1H3,(H,12,13)/t10-/m0/s1. The molecule has 1 atom stereocenters. The lowest BCUT2D eigenvalue weighted by molar-refractivity contribution is 0.0950. The van der Waals surface area contributed by atoms with E-state index in [0.29, 0.717) is 12.1 Å². The molecule has 3 heteroatoms. The summed E-state index contributed by atoms with van der Waals surface area (Å²) in [7, 11) is 0. The molecule has 1 heterocycles. The van der Waals surface area contributed by atoms with Crippen LogP contribution in [0.2, 0.25) is 0 Å². The van der Waals surface area contributed by atoms with Crippen LogP contribution in [0.5, 0.6) is 0 Å². The van der Waals surface area contributed by atoms with Gasteiger partial charge in [0.25, 0.3) is 5.91 Å². The minimum absolute atomic E-state index is 0.0239. The van der Waals surface area contributed by atoms with Crippen LogP contribution in [0, 0.1) is 6.92 Å². The van der Waals surface area contributed by atoms with Crippen molar-refractivity contribution in [3.8, 4) is 0 Å². The Labute approximate surface area is 83.1 Å². The maximum atomic E-state index is 11.6. The maximum absolute atomic E-state index is 11.6. The van der Waals surface area contributed by atoms with Crippen molar-refractivity contribution in [2.75, 3.05) is 13.2 Å². The van der Waals surface area contributed by atoms with Crippen molar-refractivity contribution in [3.05, 3.63) is 35.4 Å². The summed E-state index contributed by atoms with van der Waals surface area (Å²) in [6.07, 6.45) is 0.240. The number of hydrogen-bond donors (Lipinski definition) is 1. The molecular weight excluding hydrogens is 178 g/mol. The summed E-state index contributed by atoms with van der Waals surface area (Å²) in [6.45, 7) is 3.36. The summed E-state index contributed by atoms with van der Waals surface area (Å²) in [4.78, 5) is 11.6. The molecule has 1 fully saturated rings. The Morgan fingerprint density at radius 1 is 1.64 bits per heavy atom. The molecule has 0 radical (unpaired) electrons. The van der Waals surface area contributed by atoms with E-state index in [2.05, 4.69) is 5.32 Å². The van der Waals surface area contributed by atoms with Crippen molar-refractivity contribution in [2.24, 2.45) is 0 Å². The molecule has 1 N–H and O–H groups in total. The molecule has 1 amide bonds. The number of rotatable bonds is 3. The first kappa shape index (κ1) is 9.21. The molecule has 3 nitrogen and oxygen atoms in total. The molecule has 0 aliphatic carbocycles. The normalized spacial score (nSPS) is 19.1. The Morgan fingerprint density at radius 3 is 3.07 bits per heavy atom. The second-order valence-electron chi connectivity index (χ2n) is 3.53. The fourth-order valence-corrected chi connectivity index (χ4v) is 1.28. The second-order valence-corrected chi connectivity index (χ2v) is 3.53. The quantitative estimate of drug-likeness (QED) is 0.727. The minimum Gasteiger partial charge on any atom is -0.371 e. The molecule has 2 rings (SSSR count). The molecule has 74 valence electrons. The molecule has 1 aliphatic heterocycles. The van der Waals surface area contributed by atoms with E-state index >= 15 is 0 Å². The van der Waals surface area contributed by atoms with Crippen molar-refractivity contribution < 1.29 is 9.53 Å². The van der Waals surface area contributed by atoms with Gasteiger partial charge in [0.1, 0.15) is 0 Å². The third-order valence-corrected chi connectivity index (χ3v) is 2.17. The monoisotopic (exact) mass is 191 g/mol. The van der Waals surface area contributed by atoms with E-state index < -0.39 is 0 Å². The second kappa shape index (κ2) is 3.80. The van der Waals surface area contributed by atoms with Gasteiger partial charge >= 0.3 is 0 Å². The third-order valence-electron chi connectivity index (χ3n) is 2.17. The van der Waals surface area contributed by atoms with Gasteiger partial charge in [-0.25, -0.2) is 0 Å². The zero-order valence-electron chi connectivity index (χ0n) is 8.12. The molecular formula is C11H13NO2. The number of hydrogen-bond acceptors (Lipinski definition) is 2. The zero-order valence-corrected chi connectivity index (χ0v) is 8.12. The van der Waals surface area contributed by atoms with Crippen molar-refractivity contribution in [1.29, 1.82) is 0 Å². The highest BCUT2D eigenvalue weighted by Crippen LogP contribution is 2.07. The largest absolute Gasteiger partial charge is 0.371 e. The Kier molecular flexibility index (Phi) is 2.50. The van der Waals surface area contributed by atoms with E-state index in [-0.39, 0.29) is 12.0 Å². The molecule has 0 bridgehead atoms. The van der Waals surface area contributed by atoms with E-state index in [1.807, 2.05) is 31.2 Å². The first-order valence-electron chi connectivity index (χ1n) is 4.72. The molecule has 1 aromatic carbocycles. The number of nitrogens with one attached hydrogen (secondary N) is 1. The van der Waals surface area contributed by atoms with Gasteiger partial charge in [-0.3, -0.25) is 4.79 Å². The first-order valence-corrected chi connectivity index (χ1v) is 4.72. The summed E-state index contributed by atoms with van der Waals surface area (Å²) in [5.41, 5.74) is 1.81. The molecule has 0 unspecified atom stereocenters. The van der Waals surface area contributed by atoms with Crippen LogP contribution in [0.15, 0.2) is 24.3 Å². The fraction of sp³-hybridized carbons (Fsp3) is 0.364. The summed E-state index contributed by atoms with van der Waals surface area (Å²) in [5.74, 6) is -0.0239. The zero-order chi connectivity index (χ0) is 9.97. The number of benzene rings is 1. The number of ether oxygens (including phenoxy) is 1. The predicted molar refractivity (Wildman–Crippen MR) is 53.3 cm³/mol. The van der Waals surface area contributed by atoms with Gasteiger partial charge in [0, 0.05) is 12.1 Å². The van der Waals surface area contributed by atoms with Crippen molar-refractivity contribution in [2.45, 2.75) is 13.0 Å². The van der Waals surface area contributed by atoms with E-state index in [1.165, 1.54) is 0 Å². The number of epoxide rings is 1. The van der Waals surface area contributed by atoms with Gasteiger partial charge in [0.05, 0.1) is 12.7 Å². The van der Waals surface area contributed by atoms with Crippen LogP contribution >= 0.6 is 0 Å². The van der Waals surface area contributed by atoms with Gasteiger partial charge < -0.3 is 10.1 Å². The lowest BCUT2D eigenvalue weighted by Crippen LogP contribution is -2.27. The number of amides is 1. The average Bonchev–Trinajstić information content (AvgIpc) is 2.97. The van der Waals surface area contributed by atoms with E-state index in [1.54, 1.807) is 0 Å². The molecule has 1 aliphatic rings. The van der Waals surface area contributed by atoms with E-state index in [0.717, 1.165) is 12.2 Å². The van der Waals surface area contributed by atoms with Gasteiger partial charge in [0.15, 0.2) is 0 Å². The van der Waals surface area contributed by atoms with Crippen LogP contribution in [0.1, 0.15) is 15.9 Å². The van der Waals surface area contributed by atoms with Crippen LogP contribution in [0.4, 0.5) is 0 Å². The highest BCUT2D eigenvalue weighted by Gasteiger charge is 2.22. The minimum atomic E-state index is -0.0239. The number of carbonyl (C=O) groups is 1. The summed E-state index contributed by atoms with van der Waals surface area (Å²) in [6, 6.07) is 7.55. The van der Waals surface area contributed by atoms with Gasteiger partial charge in [-0.15, -0.1) is 0 Å². The van der Waals surface area contributed by atoms with E-state index in [9.17, 15) is 4.79 Å². The van der Waals surface area contributed by atoms with Crippen molar-refractivity contribution in [3.63, 3.8) is 0 Å². The van der Waals surface area contributed by atoms with Gasteiger partial charge in [0.2, 0.25) is 0 Å². The van der Waals surface area contributed by atoms with Crippen molar-refractivity contribution in [1.82, 2.24) is 5.32 Å². The SMILES string of the molecule is Cc1cccc(C(=O)NC[C@H]2CO2)c1. The first-order chi connectivity index (χ1) is 6.75. The number of aryl methyl sites for hydroxylation is 1. The lowest BCUT2D eigenvalue weighted by atomic mass is 10.1. The van der Waals surface area contributed by atoms with Crippen LogP contribution < -0.4 is 5.32 Å². The molecule has 0 spiro atoms. The topological polar surface area (TPSA) is 41.6 Å². The lowest BCUT2D eigenvalue weighted by Gasteiger charge is -2.03. The Balaban J connectivity index is 1.95. The van der Waals surface area contributed by atoms with Crippen molar-refractivity contribution >= 4 is 5.91 Å². The van der Waals surface area contributed by atoms with Crippen LogP contribution in [0.3, 0.4) is 0 Å². The van der Waals surface area contributed by atoms with Gasteiger partial charge in [-0.2, -0.15) is 0 Å². The third kappa shape index (κ3) is 2.33. The van der Waals surface area contributed by atoms with Crippen LogP contribution in [-0.2, 0) is 4.74 Å². The molecule has 14 heavy (non-hydrogen) atoms. The average molecular weight is 191 g/mol. The Bertz CT molecular complexity index is 345. The fourth-order valence-electron chi connectivity index (χ4n) is 1.28. The highest BCUT2D eigenvalue weighted by molar-refractivity contribution is 5.94. The molecule has 0 saturated carbocycles. The summed E-state index contributed by atoms with van der Waals surface area (Å²) in [5, 5.41) is 2.82. The molecule has 1 saturated heterocycles. The Morgan fingerprint density at radius 2 is 2.43 bits per heavy atom. The van der Waals surface area contributed by atoms with Gasteiger partial charge in [-0.05, 0) is 19.1 Å². The maximum Gasteiger partial charge on any atom is 0.251 e.